The molecule has 19 heavy (non-hydrogen) atoms. The van der Waals surface area contributed by atoms with Crippen molar-refractivity contribution in [3.63, 3.8) is 0 Å². The first-order valence-electron chi connectivity index (χ1n) is 5.90. The number of ketones is 1. The predicted octanol–water partition coefficient (Wildman–Crippen LogP) is 1.71. The third kappa shape index (κ3) is 3.23. The van der Waals surface area contributed by atoms with Crippen LogP contribution in [-0.4, -0.2) is 27.8 Å². The van der Waals surface area contributed by atoms with Crippen molar-refractivity contribution in [2.45, 2.75) is 13.3 Å². The normalized spacial score (nSPS) is 10.2. The van der Waals surface area contributed by atoms with Gasteiger partial charge in [-0.15, -0.1) is 5.10 Å². The number of rotatable bonds is 5. The maximum atomic E-state index is 11.9. The quantitative estimate of drug-likeness (QED) is 0.843. The molecule has 1 aromatic carbocycles. The molecule has 0 radical (unpaired) electrons. The van der Waals surface area contributed by atoms with Crippen LogP contribution in [0.2, 0.25) is 0 Å². The molecule has 2 rings (SSSR count). The van der Waals surface area contributed by atoms with Gasteiger partial charge in [0, 0.05) is 5.56 Å². The Labute approximate surface area is 114 Å². The standard InChI is InChI=1S/C13H13N3O2S/c1-2-10-12(19-16-15-10)13(18)14-8-11(17)9-6-4-3-5-7-9/h3-7H,2,8H2,1H3,(H,14,18). The van der Waals surface area contributed by atoms with E-state index in [0.717, 1.165) is 11.5 Å². The molecule has 0 saturated heterocycles. The van der Waals surface area contributed by atoms with E-state index in [1.54, 1.807) is 24.3 Å². The molecule has 0 atom stereocenters. The minimum atomic E-state index is -0.295. The predicted molar refractivity (Wildman–Crippen MR) is 72.4 cm³/mol. The van der Waals surface area contributed by atoms with Crippen molar-refractivity contribution in [2.75, 3.05) is 6.54 Å². The molecule has 0 saturated carbocycles. The molecular formula is C13H13N3O2S. The van der Waals surface area contributed by atoms with Gasteiger partial charge in [0.25, 0.3) is 5.91 Å². The zero-order valence-electron chi connectivity index (χ0n) is 10.4. The summed E-state index contributed by atoms with van der Waals surface area (Å²) in [6, 6.07) is 8.86. The summed E-state index contributed by atoms with van der Waals surface area (Å²) in [4.78, 5) is 24.2. The van der Waals surface area contributed by atoms with Crippen LogP contribution in [0.4, 0.5) is 0 Å². The molecule has 1 N–H and O–H groups in total. The second kappa shape index (κ2) is 6.19. The first-order chi connectivity index (χ1) is 9.22. The van der Waals surface area contributed by atoms with Crippen molar-refractivity contribution in [1.82, 2.24) is 14.9 Å². The van der Waals surface area contributed by atoms with Gasteiger partial charge in [-0.05, 0) is 18.0 Å². The molecule has 0 aliphatic heterocycles. The van der Waals surface area contributed by atoms with Gasteiger partial charge in [0.2, 0.25) is 0 Å². The van der Waals surface area contributed by atoms with Gasteiger partial charge in [-0.1, -0.05) is 41.7 Å². The molecule has 98 valence electrons. The highest BCUT2D eigenvalue weighted by atomic mass is 32.1. The van der Waals surface area contributed by atoms with E-state index < -0.39 is 0 Å². The van der Waals surface area contributed by atoms with Gasteiger partial charge in [0.1, 0.15) is 4.88 Å². The lowest BCUT2D eigenvalue weighted by atomic mass is 10.1. The van der Waals surface area contributed by atoms with E-state index in [2.05, 4.69) is 14.9 Å². The zero-order chi connectivity index (χ0) is 13.7. The van der Waals surface area contributed by atoms with E-state index in [4.69, 9.17) is 0 Å². The van der Waals surface area contributed by atoms with Crippen LogP contribution < -0.4 is 5.32 Å². The summed E-state index contributed by atoms with van der Waals surface area (Å²) in [7, 11) is 0. The van der Waals surface area contributed by atoms with Crippen molar-refractivity contribution in [1.29, 1.82) is 0 Å². The SMILES string of the molecule is CCc1nnsc1C(=O)NCC(=O)c1ccccc1. The average molecular weight is 275 g/mol. The number of nitrogens with zero attached hydrogens (tertiary/aromatic N) is 2. The Morgan fingerprint density at radius 1 is 1.26 bits per heavy atom. The van der Waals surface area contributed by atoms with Crippen molar-refractivity contribution in [3.05, 3.63) is 46.5 Å². The molecule has 2 aromatic rings. The van der Waals surface area contributed by atoms with Gasteiger partial charge in [-0.25, -0.2) is 0 Å². The van der Waals surface area contributed by atoms with Crippen LogP contribution in [0.3, 0.4) is 0 Å². The molecule has 5 nitrogen and oxygen atoms in total. The van der Waals surface area contributed by atoms with Gasteiger partial charge in [0.05, 0.1) is 12.2 Å². The topological polar surface area (TPSA) is 72.0 Å². The Bertz CT molecular complexity index is 581. The maximum Gasteiger partial charge on any atom is 0.265 e. The highest BCUT2D eigenvalue weighted by Crippen LogP contribution is 2.10. The third-order valence-electron chi connectivity index (χ3n) is 2.60. The average Bonchev–Trinajstić information content (AvgIpc) is 2.93. The summed E-state index contributed by atoms with van der Waals surface area (Å²) in [6.07, 6.45) is 0.645. The number of carbonyl (C=O) groups is 2. The number of nitrogens with one attached hydrogen (secondary N) is 1. The molecule has 0 bridgehead atoms. The molecule has 6 heteroatoms. The van der Waals surface area contributed by atoms with Crippen LogP contribution in [0.1, 0.15) is 32.6 Å². The molecule has 0 aliphatic rings. The number of aromatic nitrogens is 2. The lowest BCUT2D eigenvalue weighted by Crippen LogP contribution is -2.29. The van der Waals surface area contributed by atoms with Crippen molar-refractivity contribution >= 4 is 23.2 Å². The molecule has 1 amide bonds. The highest BCUT2D eigenvalue weighted by Gasteiger charge is 2.15. The maximum absolute atomic E-state index is 11.9. The molecule has 0 aliphatic carbocycles. The fourth-order valence-corrected chi connectivity index (χ4v) is 2.25. The van der Waals surface area contributed by atoms with Crippen LogP contribution >= 0.6 is 11.5 Å². The van der Waals surface area contributed by atoms with Crippen molar-refractivity contribution < 1.29 is 9.59 Å². The molecule has 0 unspecified atom stereocenters. The molecule has 1 heterocycles. The third-order valence-corrected chi connectivity index (χ3v) is 3.37. The van der Waals surface area contributed by atoms with Crippen molar-refractivity contribution in [2.24, 2.45) is 0 Å². The second-order valence-electron chi connectivity index (χ2n) is 3.87. The van der Waals surface area contributed by atoms with E-state index in [1.807, 2.05) is 13.0 Å². The Morgan fingerprint density at radius 3 is 2.68 bits per heavy atom. The highest BCUT2D eigenvalue weighted by molar-refractivity contribution is 7.08. The van der Waals surface area contributed by atoms with Crippen LogP contribution in [0.15, 0.2) is 30.3 Å². The van der Waals surface area contributed by atoms with Gasteiger partial charge >= 0.3 is 0 Å². The fourth-order valence-electron chi connectivity index (χ4n) is 1.58. The van der Waals surface area contributed by atoms with E-state index >= 15 is 0 Å². The van der Waals surface area contributed by atoms with Gasteiger partial charge < -0.3 is 5.32 Å². The minimum Gasteiger partial charge on any atom is -0.344 e. The summed E-state index contributed by atoms with van der Waals surface area (Å²) >= 11 is 1.05. The van der Waals surface area contributed by atoms with Gasteiger partial charge in [-0.2, -0.15) is 0 Å². The summed E-state index contributed by atoms with van der Waals surface area (Å²) in [5.41, 5.74) is 1.25. The number of hydrogen-bond donors (Lipinski definition) is 1. The van der Waals surface area contributed by atoms with E-state index in [9.17, 15) is 9.59 Å². The van der Waals surface area contributed by atoms with Crippen LogP contribution in [-0.2, 0) is 6.42 Å². The zero-order valence-corrected chi connectivity index (χ0v) is 11.2. The van der Waals surface area contributed by atoms with Crippen LogP contribution in [0, 0.1) is 0 Å². The lowest BCUT2D eigenvalue weighted by Gasteiger charge is -2.03. The number of Topliss-reactive ketones (excluding diaryl/α,β-unsaturated/α-hetero) is 1. The Hall–Kier alpha value is -2.08. The lowest BCUT2D eigenvalue weighted by molar-refractivity contribution is 0.0906. The van der Waals surface area contributed by atoms with E-state index in [0.29, 0.717) is 22.6 Å². The summed E-state index contributed by atoms with van der Waals surface area (Å²) < 4.78 is 3.75. The van der Waals surface area contributed by atoms with Crippen LogP contribution in [0.5, 0.6) is 0 Å². The number of benzene rings is 1. The molecule has 0 fully saturated rings. The monoisotopic (exact) mass is 275 g/mol. The second-order valence-corrected chi connectivity index (χ2v) is 4.63. The molecule has 1 aromatic heterocycles. The smallest absolute Gasteiger partial charge is 0.265 e. The first kappa shape index (κ1) is 13.4. The van der Waals surface area contributed by atoms with Gasteiger partial charge in [-0.3, -0.25) is 9.59 Å². The summed E-state index contributed by atoms with van der Waals surface area (Å²) in [5.74, 6) is -0.416. The largest absolute Gasteiger partial charge is 0.344 e. The molecule has 0 spiro atoms. The number of carbonyl (C=O) groups excluding carboxylic acids is 2. The van der Waals surface area contributed by atoms with E-state index in [1.165, 1.54) is 0 Å². The van der Waals surface area contributed by atoms with Crippen LogP contribution in [0.25, 0.3) is 0 Å². The van der Waals surface area contributed by atoms with Crippen molar-refractivity contribution in [3.8, 4) is 0 Å². The first-order valence-corrected chi connectivity index (χ1v) is 6.67. The Balaban J connectivity index is 1.96. The number of aryl methyl sites for hydroxylation is 1. The Kier molecular flexibility index (Phi) is 4.35. The molecular weight excluding hydrogens is 262 g/mol. The number of hydrogen-bond acceptors (Lipinski definition) is 5. The van der Waals surface area contributed by atoms with E-state index in [-0.39, 0.29) is 18.2 Å². The number of amides is 1. The fraction of sp³-hybridized carbons (Fsp3) is 0.231. The minimum absolute atomic E-state index is 0.0239. The van der Waals surface area contributed by atoms with Gasteiger partial charge in [0.15, 0.2) is 5.78 Å². The Morgan fingerprint density at radius 2 is 2.00 bits per heavy atom. The summed E-state index contributed by atoms with van der Waals surface area (Å²) in [5, 5.41) is 6.46. The summed E-state index contributed by atoms with van der Waals surface area (Å²) in [6.45, 7) is 1.88.